The Balaban J connectivity index is 0.000000207. The molecule has 10 heteroatoms. The number of alkyl halides is 1. The lowest BCUT2D eigenvalue weighted by atomic mass is 9.82. The Kier molecular flexibility index (Phi) is 15.6. The zero-order valence-corrected chi connectivity index (χ0v) is 30.7. The van der Waals surface area contributed by atoms with Gasteiger partial charge in [0.2, 0.25) is 0 Å². The van der Waals surface area contributed by atoms with E-state index in [0.717, 1.165) is 41.6 Å². The van der Waals surface area contributed by atoms with Crippen LogP contribution in [0, 0.1) is 0 Å². The number of hydrogen-bond donors (Lipinski definition) is 3. The second-order valence-corrected chi connectivity index (χ2v) is 13.1. The zero-order valence-electron chi connectivity index (χ0n) is 27.3. The first kappa shape index (κ1) is 38.7. The van der Waals surface area contributed by atoms with Crippen LogP contribution in [0.1, 0.15) is 35.1 Å². The molecule has 0 bridgehead atoms. The van der Waals surface area contributed by atoms with Crippen molar-refractivity contribution in [2.75, 3.05) is 38.8 Å². The molecule has 2 heterocycles. The molecule has 2 fully saturated rings. The highest BCUT2D eigenvalue weighted by molar-refractivity contribution is 7.16. The van der Waals surface area contributed by atoms with Crippen LogP contribution in [0.4, 0.5) is 0 Å². The van der Waals surface area contributed by atoms with Gasteiger partial charge in [0.15, 0.2) is 0 Å². The van der Waals surface area contributed by atoms with Crippen molar-refractivity contribution >= 4 is 44.0 Å². The third kappa shape index (κ3) is 10.5. The molecule has 4 aromatic carbocycles. The van der Waals surface area contributed by atoms with Gasteiger partial charge >= 0.3 is 0 Å². The van der Waals surface area contributed by atoms with Gasteiger partial charge in [-0.2, -0.15) is 0 Å². The van der Waals surface area contributed by atoms with Crippen molar-refractivity contribution in [1.82, 2.24) is 10.2 Å². The molecule has 0 spiro atoms. The van der Waals surface area contributed by atoms with E-state index in [0.29, 0.717) is 49.2 Å². The molecule has 0 aliphatic carbocycles. The SMILES string of the molecule is CCl.O[C@@]1(c2ccc(Cl)cc2)CCN(CP)C[C@H]1OCc1ccccc1.O[C@@]1(c2ccc(Cl)cc2)CCNC[C@H]1OCc1ccccc1. The van der Waals surface area contributed by atoms with Gasteiger partial charge < -0.3 is 25.0 Å². The molecule has 6 rings (SSSR count). The van der Waals surface area contributed by atoms with E-state index < -0.39 is 11.2 Å². The van der Waals surface area contributed by atoms with Gasteiger partial charge in [-0.3, -0.25) is 4.90 Å². The van der Waals surface area contributed by atoms with Gasteiger partial charge in [-0.1, -0.05) is 108 Å². The molecule has 4 aromatic rings. The van der Waals surface area contributed by atoms with E-state index >= 15 is 0 Å². The second-order valence-electron chi connectivity index (χ2n) is 11.9. The van der Waals surface area contributed by atoms with Crippen LogP contribution >= 0.6 is 44.0 Å². The van der Waals surface area contributed by atoms with Gasteiger partial charge in [-0.25, -0.2) is 0 Å². The number of likely N-dealkylation sites (tertiary alicyclic amines) is 1. The number of ether oxygens (including phenoxy) is 2. The van der Waals surface area contributed by atoms with E-state index in [9.17, 15) is 10.2 Å². The summed E-state index contributed by atoms with van der Waals surface area (Å²) in [7, 11) is 2.75. The predicted molar refractivity (Wildman–Crippen MR) is 201 cm³/mol. The summed E-state index contributed by atoms with van der Waals surface area (Å²) in [5.41, 5.74) is 1.97. The van der Waals surface area contributed by atoms with E-state index in [4.69, 9.17) is 32.7 Å². The maximum atomic E-state index is 11.4. The highest BCUT2D eigenvalue weighted by Crippen LogP contribution is 2.36. The molecule has 0 aromatic heterocycles. The highest BCUT2D eigenvalue weighted by Gasteiger charge is 2.44. The van der Waals surface area contributed by atoms with Crippen molar-refractivity contribution < 1.29 is 19.7 Å². The van der Waals surface area contributed by atoms with Crippen molar-refractivity contribution in [1.29, 1.82) is 0 Å². The molecule has 3 N–H and O–H groups in total. The Morgan fingerprint density at radius 1 is 0.708 bits per heavy atom. The Morgan fingerprint density at radius 3 is 1.65 bits per heavy atom. The van der Waals surface area contributed by atoms with E-state index in [1.807, 2.05) is 109 Å². The third-order valence-corrected chi connectivity index (χ3v) is 9.87. The van der Waals surface area contributed by atoms with Crippen molar-refractivity contribution in [3.8, 4) is 0 Å². The van der Waals surface area contributed by atoms with Crippen LogP contribution in [0.2, 0.25) is 10.0 Å². The number of halogens is 3. The summed E-state index contributed by atoms with van der Waals surface area (Å²) in [5.74, 6) is 0. The van der Waals surface area contributed by atoms with Crippen LogP contribution in [0.25, 0.3) is 0 Å². The van der Waals surface area contributed by atoms with Crippen LogP contribution in [0.15, 0.2) is 109 Å². The smallest absolute Gasteiger partial charge is 0.118 e. The summed E-state index contributed by atoms with van der Waals surface area (Å²) in [4.78, 5) is 2.28. The molecule has 258 valence electrons. The number of rotatable bonds is 9. The molecule has 0 saturated carbocycles. The number of aliphatic hydroxyl groups is 2. The van der Waals surface area contributed by atoms with Gasteiger partial charge in [-0.05, 0) is 65.9 Å². The number of benzene rings is 4. The minimum atomic E-state index is -0.990. The van der Waals surface area contributed by atoms with Crippen LogP contribution in [-0.4, -0.2) is 66.2 Å². The van der Waals surface area contributed by atoms with E-state index in [1.165, 1.54) is 6.38 Å². The lowest BCUT2D eigenvalue weighted by Crippen LogP contribution is -2.54. The topological polar surface area (TPSA) is 74.2 Å². The molecule has 2 aliphatic rings. The number of nitrogens with one attached hydrogen (secondary N) is 1. The standard InChI is InChI=1S/C19H23ClNO2P.C18H20ClNO2.CH3Cl/c20-17-8-6-16(7-9-17)19(22)10-11-21(14-24)12-18(19)23-13-15-4-2-1-3-5-15;19-16-8-6-15(7-9-16)18(21)10-11-20-12-17(18)22-13-14-4-2-1-3-5-14;1-2/h1-9,18,22H,10-14,24H2;1-9,17,20-21H,10-13H2;1H3/t18-,19-;17-,18-;/m11./s1. The first-order chi connectivity index (χ1) is 23.3. The van der Waals surface area contributed by atoms with Crippen molar-refractivity contribution in [2.24, 2.45) is 0 Å². The maximum Gasteiger partial charge on any atom is 0.118 e. The maximum absolute atomic E-state index is 11.4. The molecule has 0 radical (unpaired) electrons. The second kappa shape index (κ2) is 19.4. The number of hydrogen-bond acceptors (Lipinski definition) is 6. The van der Waals surface area contributed by atoms with Gasteiger partial charge in [0, 0.05) is 42.3 Å². The monoisotopic (exact) mass is 730 g/mol. The lowest BCUT2D eigenvalue weighted by molar-refractivity contribution is -0.154. The van der Waals surface area contributed by atoms with E-state index in [1.54, 1.807) is 0 Å². The Hall–Kier alpha value is -2.06. The fourth-order valence-corrected chi connectivity index (χ4v) is 6.62. The minimum absolute atomic E-state index is 0.284. The molecule has 2 aliphatic heterocycles. The van der Waals surface area contributed by atoms with Crippen molar-refractivity contribution in [3.63, 3.8) is 0 Å². The van der Waals surface area contributed by atoms with E-state index in [-0.39, 0.29) is 12.2 Å². The number of nitrogens with zero attached hydrogens (tertiary/aromatic N) is 1. The molecule has 6 nitrogen and oxygen atoms in total. The summed E-state index contributed by atoms with van der Waals surface area (Å²) in [5, 5.41) is 27.2. The third-order valence-electron chi connectivity index (χ3n) is 8.85. The fraction of sp³-hybridized carbons (Fsp3) is 0.368. The molecule has 1 unspecified atom stereocenters. The molecule has 2 saturated heterocycles. The number of piperidine rings is 2. The fourth-order valence-electron chi connectivity index (χ4n) is 6.04. The van der Waals surface area contributed by atoms with Gasteiger partial charge in [0.05, 0.1) is 13.2 Å². The van der Waals surface area contributed by atoms with Gasteiger partial charge in [-0.15, -0.1) is 20.8 Å². The summed E-state index contributed by atoms with van der Waals surface area (Å²) in [6.45, 7) is 3.93. The predicted octanol–water partition coefficient (Wildman–Crippen LogP) is 7.61. The quantitative estimate of drug-likeness (QED) is 0.122. The molecular weight excluding hydrogens is 686 g/mol. The van der Waals surface area contributed by atoms with Crippen molar-refractivity contribution in [2.45, 2.75) is 49.5 Å². The minimum Gasteiger partial charge on any atom is -0.382 e. The Bertz CT molecular complexity index is 1490. The van der Waals surface area contributed by atoms with Crippen molar-refractivity contribution in [3.05, 3.63) is 141 Å². The summed E-state index contributed by atoms with van der Waals surface area (Å²) >= 11 is 16.6. The van der Waals surface area contributed by atoms with Gasteiger partial charge in [0.1, 0.15) is 23.4 Å². The first-order valence-electron chi connectivity index (χ1n) is 16.1. The summed E-state index contributed by atoms with van der Waals surface area (Å²) < 4.78 is 12.2. The molecule has 0 amide bonds. The van der Waals surface area contributed by atoms with Crippen LogP contribution in [0.3, 0.4) is 0 Å². The molecule has 48 heavy (non-hydrogen) atoms. The summed E-state index contributed by atoms with van der Waals surface area (Å²) in [6.07, 6.45) is 3.04. The Labute approximate surface area is 302 Å². The van der Waals surface area contributed by atoms with Gasteiger partial charge in [0.25, 0.3) is 0 Å². The lowest BCUT2D eigenvalue weighted by Gasteiger charge is -2.44. The average molecular weight is 732 g/mol. The first-order valence-corrected chi connectivity index (χ1v) is 18.4. The molecule has 5 atom stereocenters. The van der Waals surface area contributed by atoms with Crippen LogP contribution in [0.5, 0.6) is 0 Å². The summed E-state index contributed by atoms with van der Waals surface area (Å²) in [6, 6.07) is 34.9. The zero-order chi connectivity index (χ0) is 34.4. The van der Waals surface area contributed by atoms with E-state index in [2.05, 4.69) is 31.1 Å². The van der Waals surface area contributed by atoms with Crippen LogP contribution < -0.4 is 5.32 Å². The Morgan fingerprint density at radius 2 is 1.17 bits per heavy atom. The largest absolute Gasteiger partial charge is 0.382 e. The van der Waals surface area contributed by atoms with Crippen LogP contribution in [-0.2, 0) is 33.9 Å². The average Bonchev–Trinajstić information content (AvgIpc) is 3.13. The normalized spacial score (nSPS) is 24.1. The highest BCUT2D eigenvalue weighted by atomic mass is 35.5. The molecular formula is C38H46Cl3N2O4P.